The van der Waals surface area contributed by atoms with Crippen LogP contribution < -0.4 is 0 Å². The molecule has 0 N–H and O–H groups in total. The molecule has 3 heteroatoms. The number of hydrogen-bond acceptors (Lipinski definition) is 3. The van der Waals surface area contributed by atoms with Crippen molar-refractivity contribution < 1.29 is 0 Å². The molecule has 0 aliphatic heterocycles. The first kappa shape index (κ1) is 25.8. The lowest BCUT2D eigenvalue weighted by molar-refractivity contribution is 0.565. The number of hydrogen-bond donors (Lipinski definition) is 0. The first-order chi connectivity index (χ1) is 21.2. The summed E-state index contributed by atoms with van der Waals surface area (Å²) < 4.78 is 0. The van der Waals surface area contributed by atoms with E-state index >= 15 is 0 Å². The van der Waals surface area contributed by atoms with Crippen LogP contribution in [0.15, 0.2) is 121 Å². The summed E-state index contributed by atoms with van der Waals surface area (Å²) >= 11 is 0. The fourth-order valence-corrected chi connectivity index (χ4v) is 6.74. The third kappa shape index (κ3) is 4.95. The molecular weight excluding hydrogens is 522 g/mol. The summed E-state index contributed by atoms with van der Waals surface area (Å²) in [4.78, 5) is 15.3. The highest BCUT2D eigenvalue weighted by Gasteiger charge is 2.25. The van der Waals surface area contributed by atoms with Gasteiger partial charge in [-0.25, -0.2) is 15.0 Å². The molecule has 8 rings (SSSR count). The van der Waals surface area contributed by atoms with Crippen molar-refractivity contribution in [2.75, 3.05) is 0 Å². The lowest BCUT2D eigenvalue weighted by Crippen LogP contribution is -2.16. The van der Waals surface area contributed by atoms with E-state index < -0.39 is 0 Å². The molecule has 0 bridgehead atoms. The quantitative estimate of drug-likeness (QED) is 0.207. The molecule has 43 heavy (non-hydrogen) atoms. The smallest absolute Gasteiger partial charge is 0.164 e. The number of benzene rings is 4. The normalized spacial score (nSPS) is 19.2. The Balaban J connectivity index is 1.20. The number of aryl methyl sites for hydroxylation is 1. The summed E-state index contributed by atoms with van der Waals surface area (Å²) in [6.45, 7) is 2.33. The minimum Gasteiger partial charge on any atom is -0.209 e. The highest BCUT2D eigenvalue weighted by atomic mass is 15.0. The third-order valence-corrected chi connectivity index (χ3v) is 9.22. The Morgan fingerprint density at radius 1 is 0.628 bits per heavy atom. The van der Waals surface area contributed by atoms with Gasteiger partial charge in [0.25, 0.3) is 0 Å². The Kier molecular flexibility index (Phi) is 6.44. The molecule has 1 aromatic heterocycles. The zero-order valence-electron chi connectivity index (χ0n) is 24.4. The van der Waals surface area contributed by atoms with Gasteiger partial charge in [-0.05, 0) is 82.3 Å². The first-order valence-electron chi connectivity index (χ1n) is 15.4. The van der Waals surface area contributed by atoms with E-state index in [0.717, 1.165) is 54.3 Å². The molecule has 3 aliphatic rings. The van der Waals surface area contributed by atoms with Gasteiger partial charge in [0.2, 0.25) is 0 Å². The number of rotatable bonds is 4. The van der Waals surface area contributed by atoms with E-state index in [1.807, 2.05) is 0 Å². The summed E-state index contributed by atoms with van der Waals surface area (Å²) in [6, 6.07) is 32.4. The van der Waals surface area contributed by atoms with Crippen molar-refractivity contribution in [3.8, 4) is 22.5 Å². The monoisotopic (exact) mass is 555 g/mol. The molecule has 0 radical (unpaired) electrons. The summed E-state index contributed by atoms with van der Waals surface area (Å²) in [5.41, 5.74) is 9.82. The van der Waals surface area contributed by atoms with Gasteiger partial charge in [0, 0.05) is 17.1 Å². The maximum atomic E-state index is 5.11. The molecule has 2 atom stereocenters. The molecule has 3 aliphatic carbocycles. The maximum Gasteiger partial charge on any atom is 0.164 e. The predicted octanol–water partition coefficient (Wildman–Crippen LogP) is 9.77. The number of nitrogens with zero attached hydrogens (tertiary/aromatic N) is 3. The van der Waals surface area contributed by atoms with Crippen molar-refractivity contribution in [3.05, 3.63) is 144 Å². The molecule has 0 saturated heterocycles. The second-order valence-electron chi connectivity index (χ2n) is 12.0. The van der Waals surface area contributed by atoms with E-state index in [4.69, 9.17) is 15.0 Å². The molecule has 5 aromatic rings. The van der Waals surface area contributed by atoms with Gasteiger partial charge in [0.05, 0.1) is 0 Å². The lowest BCUT2D eigenvalue weighted by atomic mass is 9.77. The SMILES string of the molecule is CC1CC=CC2CC=C(c3nc(C4=Cc5ccccc5CC4)nc(-c4ccc(-c5ccc6ccccc6c5)cc4)n3)C=C12. The van der Waals surface area contributed by atoms with Crippen LogP contribution in [0.1, 0.15) is 49.0 Å². The maximum absolute atomic E-state index is 5.11. The number of aromatic nitrogens is 3. The van der Waals surface area contributed by atoms with Crippen LogP contribution in [0.4, 0.5) is 0 Å². The Morgan fingerprint density at radius 3 is 2.28 bits per heavy atom. The van der Waals surface area contributed by atoms with Crippen LogP contribution in [0.2, 0.25) is 0 Å². The standard InChI is InChI=1S/C40H33N3/c1-26-7-6-12-30-17-22-36(25-37(26)30)40-42-38(41-39(43-40)35-21-16-28-9-3-5-11-33(28)24-35)31-18-13-29(14-19-31)34-20-15-27-8-2-4-10-32(27)23-34/h2-6,8-15,18-20,22-26,30H,7,16-17,21H2,1H3. The van der Waals surface area contributed by atoms with Crippen LogP contribution >= 0.6 is 0 Å². The van der Waals surface area contributed by atoms with Crippen molar-refractivity contribution >= 4 is 28.0 Å². The molecule has 0 spiro atoms. The average molecular weight is 556 g/mol. The van der Waals surface area contributed by atoms with Crippen LogP contribution in [0, 0.1) is 11.8 Å². The van der Waals surface area contributed by atoms with Crippen LogP contribution in [-0.4, -0.2) is 15.0 Å². The van der Waals surface area contributed by atoms with Crippen LogP contribution in [0.3, 0.4) is 0 Å². The minimum atomic E-state index is 0.494. The lowest BCUT2D eigenvalue weighted by Gasteiger charge is -2.29. The summed E-state index contributed by atoms with van der Waals surface area (Å²) in [5, 5.41) is 2.50. The fraction of sp³-hybridized carbons (Fsp3) is 0.175. The Morgan fingerprint density at radius 2 is 1.37 bits per heavy atom. The zero-order chi connectivity index (χ0) is 28.8. The molecule has 208 valence electrons. The van der Waals surface area contributed by atoms with Crippen molar-refractivity contribution in [2.45, 2.75) is 32.6 Å². The Hall–Kier alpha value is -4.89. The Labute approximate surface area is 253 Å². The molecule has 2 unspecified atom stereocenters. The summed E-state index contributed by atoms with van der Waals surface area (Å²) in [5.74, 6) is 3.31. The topological polar surface area (TPSA) is 38.7 Å². The van der Waals surface area contributed by atoms with E-state index in [1.54, 1.807) is 0 Å². The fourth-order valence-electron chi connectivity index (χ4n) is 6.74. The predicted molar refractivity (Wildman–Crippen MR) is 178 cm³/mol. The second-order valence-corrected chi connectivity index (χ2v) is 12.0. The van der Waals surface area contributed by atoms with Crippen molar-refractivity contribution in [3.63, 3.8) is 0 Å². The van der Waals surface area contributed by atoms with E-state index in [0.29, 0.717) is 11.8 Å². The van der Waals surface area contributed by atoms with Crippen LogP contribution in [0.5, 0.6) is 0 Å². The molecule has 0 fully saturated rings. The highest BCUT2D eigenvalue weighted by Crippen LogP contribution is 2.38. The second kappa shape index (κ2) is 10.7. The van der Waals surface area contributed by atoms with Gasteiger partial charge in [-0.3, -0.25) is 0 Å². The van der Waals surface area contributed by atoms with Crippen molar-refractivity contribution in [1.29, 1.82) is 0 Å². The van der Waals surface area contributed by atoms with Gasteiger partial charge in [0.1, 0.15) is 0 Å². The number of allylic oxidation sites excluding steroid dienone is 7. The van der Waals surface area contributed by atoms with Gasteiger partial charge in [-0.2, -0.15) is 0 Å². The van der Waals surface area contributed by atoms with Gasteiger partial charge in [0.15, 0.2) is 17.5 Å². The van der Waals surface area contributed by atoms with E-state index in [-0.39, 0.29) is 0 Å². The molecule has 4 aromatic carbocycles. The highest BCUT2D eigenvalue weighted by molar-refractivity contribution is 5.88. The zero-order valence-corrected chi connectivity index (χ0v) is 24.4. The van der Waals surface area contributed by atoms with Crippen LogP contribution in [0.25, 0.3) is 50.5 Å². The molecule has 1 heterocycles. The van der Waals surface area contributed by atoms with Gasteiger partial charge >= 0.3 is 0 Å². The number of fused-ring (bicyclic) bond motifs is 3. The Bertz CT molecular complexity index is 1990. The van der Waals surface area contributed by atoms with Gasteiger partial charge in [-0.15, -0.1) is 0 Å². The summed E-state index contributed by atoms with van der Waals surface area (Å²) in [7, 11) is 0. The molecule has 3 nitrogen and oxygen atoms in total. The molecule has 0 amide bonds. The van der Waals surface area contributed by atoms with Gasteiger partial charge < -0.3 is 0 Å². The molecule has 0 saturated carbocycles. The largest absolute Gasteiger partial charge is 0.209 e. The average Bonchev–Trinajstić information content (AvgIpc) is 3.08. The van der Waals surface area contributed by atoms with E-state index in [2.05, 4.69) is 128 Å². The first-order valence-corrected chi connectivity index (χ1v) is 15.4. The van der Waals surface area contributed by atoms with Gasteiger partial charge in [-0.1, -0.05) is 122 Å². The van der Waals surface area contributed by atoms with Crippen molar-refractivity contribution in [2.24, 2.45) is 11.8 Å². The van der Waals surface area contributed by atoms with Crippen LogP contribution in [-0.2, 0) is 6.42 Å². The summed E-state index contributed by atoms with van der Waals surface area (Å²) in [6.07, 6.45) is 15.6. The third-order valence-electron chi connectivity index (χ3n) is 9.22. The van der Waals surface area contributed by atoms with E-state index in [1.165, 1.54) is 44.2 Å². The molecular formula is C40H33N3. The van der Waals surface area contributed by atoms with Crippen molar-refractivity contribution in [1.82, 2.24) is 15.0 Å². The van der Waals surface area contributed by atoms with E-state index in [9.17, 15) is 0 Å². The minimum absolute atomic E-state index is 0.494.